The lowest BCUT2D eigenvalue weighted by atomic mass is 10.0. The molecule has 0 aliphatic heterocycles. The van der Waals surface area contributed by atoms with Gasteiger partial charge in [-0.1, -0.05) is 271 Å². The van der Waals surface area contributed by atoms with Gasteiger partial charge in [0.2, 0.25) is 0 Å². The van der Waals surface area contributed by atoms with Crippen LogP contribution < -0.4 is 5.11 Å². The largest absolute Gasteiger partial charge is 0.545 e. The monoisotopic (exact) mass is 952 g/mol. The van der Waals surface area contributed by atoms with E-state index in [0.29, 0.717) is 17.4 Å². The van der Waals surface area contributed by atoms with Crippen LogP contribution in [0.4, 0.5) is 0 Å². The Morgan fingerprint density at radius 3 is 0.955 bits per heavy atom. The zero-order valence-corrected chi connectivity index (χ0v) is 45.3. The number of unbranched alkanes of at least 4 members (excludes halogenated alkanes) is 40. The van der Waals surface area contributed by atoms with Crippen molar-refractivity contribution in [3.63, 3.8) is 0 Å². The molecule has 0 bridgehead atoms. The highest BCUT2D eigenvalue weighted by molar-refractivity contribution is 5.70. The van der Waals surface area contributed by atoms with Crippen LogP contribution in [0.15, 0.2) is 0 Å². The number of aliphatic carboxylic acids is 1. The third-order valence-corrected chi connectivity index (χ3v) is 13.4. The predicted molar refractivity (Wildman–Crippen MR) is 279 cm³/mol. The summed E-state index contributed by atoms with van der Waals surface area (Å²) in [5, 5.41) is 11.7. The molecule has 0 rings (SSSR count). The standard InChI is InChI=1S/C58H113NO8/c1-6-8-10-12-14-15-16-17-18-19-20-21-22-23-24-25-26-27-28-29-30-31-32-33-34-35-36-37-38-39-40-41-42-43-45-47-49-56(61)67-54(52-65-55(60)48-46-44-13-11-9-7-2)53-66-58(57(62)63)64-51-50-59(3,4)5/h54,58H,6-53H2,1-5H3. The lowest BCUT2D eigenvalue weighted by molar-refractivity contribution is -0.870. The predicted octanol–water partition coefficient (Wildman–Crippen LogP) is 15.5. The molecule has 9 heteroatoms. The van der Waals surface area contributed by atoms with Crippen molar-refractivity contribution in [1.29, 1.82) is 0 Å². The number of hydrogen-bond acceptors (Lipinski definition) is 8. The summed E-state index contributed by atoms with van der Waals surface area (Å²) in [5.41, 5.74) is 0. The van der Waals surface area contributed by atoms with Gasteiger partial charge in [0.25, 0.3) is 0 Å². The maximum absolute atomic E-state index is 12.8. The average Bonchev–Trinajstić information content (AvgIpc) is 3.29. The van der Waals surface area contributed by atoms with Gasteiger partial charge in [0.15, 0.2) is 12.4 Å². The third kappa shape index (κ3) is 52.0. The molecular formula is C58H113NO8. The molecule has 0 aromatic carbocycles. The Labute approximate surface area is 415 Å². The molecule has 0 amide bonds. The van der Waals surface area contributed by atoms with Crippen LogP contribution in [0.1, 0.15) is 296 Å². The van der Waals surface area contributed by atoms with Crippen LogP contribution >= 0.6 is 0 Å². The van der Waals surface area contributed by atoms with Crippen molar-refractivity contribution in [3.05, 3.63) is 0 Å². The number of quaternary nitrogens is 1. The molecule has 0 radical (unpaired) electrons. The van der Waals surface area contributed by atoms with Crippen LogP contribution in [-0.4, -0.2) is 82.3 Å². The highest BCUT2D eigenvalue weighted by Crippen LogP contribution is 2.18. The first kappa shape index (κ1) is 65.3. The second-order valence-corrected chi connectivity index (χ2v) is 21.3. The molecule has 398 valence electrons. The van der Waals surface area contributed by atoms with Crippen molar-refractivity contribution in [2.24, 2.45) is 0 Å². The topological polar surface area (TPSA) is 111 Å². The number of carbonyl (C=O) groups excluding carboxylic acids is 3. The molecule has 0 N–H and O–H groups in total. The second-order valence-electron chi connectivity index (χ2n) is 21.3. The number of nitrogens with zero attached hydrogens (tertiary/aromatic N) is 1. The molecule has 67 heavy (non-hydrogen) atoms. The molecule has 2 unspecified atom stereocenters. The van der Waals surface area contributed by atoms with Crippen molar-refractivity contribution in [3.8, 4) is 0 Å². The minimum absolute atomic E-state index is 0.152. The average molecular weight is 953 g/mol. The van der Waals surface area contributed by atoms with Gasteiger partial charge in [-0.2, -0.15) is 0 Å². The van der Waals surface area contributed by atoms with Gasteiger partial charge in [0, 0.05) is 12.8 Å². The molecule has 0 aliphatic carbocycles. The minimum Gasteiger partial charge on any atom is -0.545 e. The maximum Gasteiger partial charge on any atom is 0.306 e. The fourth-order valence-corrected chi connectivity index (χ4v) is 8.83. The number of rotatable bonds is 55. The van der Waals surface area contributed by atoms with Crippen molar-refractivity contribution in [1.82, 2.24) is 0 Å². The summed E-state index contributed by atoms with van der Waals surface area (Å²) in [6, 6.07) is 0. The highest BCUT2D eigenvalue weighted by Gasteiger charge is 2.22. The van der Waals surface area contributed by atoms with E-state index in [-0.39, 0.29) is 32.2 Å². The molecule has 9 nitrogen and oxygen atoms in total. The van der Waals surface area contributed by atoms with E-state index in [4.69, 9.17) is 18.9 Å². The fourth-order valence-electron chi connectivity index (χ4n) is 8.83. The summed E-state index contributed by atoms with van der Waals surface area (Å²) >= 11 is 0. The van der Waals surface area contributed by atoms with Crippen LogP contribution in [0.5, 0.6) is 0 Å². The van der Waals surface area contributed by atoms with Crippen LogP contribution in [0.2, 0.25) is 0 Å². The second kappa shape index (κ2) is 50.7. The van der Waals surface area contributed by atoms with E-state index < -0.39 is 24.3 Å². The zero-order chi connectivity index (χ0) is 49.2. The molecule has 0 saturated carbocycles. The van der Waals surface area contributed by atoms with Gasteiger partial charge in [-0.3, -0.25) is 9.59 Å². The smallest absolute Gasteiger partial charge is 0.306 e. The summed E-state index contributed by atoms with van der Waals surface area (Å²) in [5.74, 6) is -2.27. The van der Waals surface area contributed by atoms with Crippen LogP contribution in [0.25, 0.3) is 0 Å². The van der Waals surface area contributed by atoms with Crippen LogP contribution in [0, 0.1) is 0 Å². The Bertz CT molecular complexity index is 1060. The van der Waals surface area contributed by atoms with Crippen LogP contribution in [0.3, 0.4) is 0 Å². The quantitative estimate of drug-likeness (QED) is 0.0256. The lowest BCUT2D eigenvalue weighted by Crippen LogP contribution is -2.44. The summed E-state index contributed by atoms with van der Waals surface area (Å²) in [4.78, 5) is 36.8. The van der Waals surface area contributed by atoms with Crippen molar-refractivity contribution in [2.75, 3.05) is 47.5 Å². The van der Waals surface area contributed by atoms with E-state index in [0.717, 1.165) is 44.9 Å². The number of ether oxygens (including phenoxy) is 4. The number of likely N-dealkylation sites (N-methyl/N-ethyl adjacent to an activating group) is 1. The van der Waals surface area contributed by atoms with Gasteiger partial charge in [0.1, 0.15) is 13.2 Å². The summed E-state index contributed by atoms with van der Waals surface area (Å²) < 4.78 is 22.5. The van der Waals surface area contributed by atoms with Crippen molar-refractivity contribution < 1.29 is 42.9 Å². The van der Waals surface area contributed by atoms with E-state index in [1.807, 2.05) is 21.1 Å². The lowest BCUT2D eigenvalue weighted by Gasteiger charge is -2.26. The van der Waals surface area contributed by atoms with Gasteiger partial charge < -0.3 is 33.3 Å². The molecule has 0 heterocycles. The summed E-state index contributed by atoms with van der Waals surface area (Å²) in [6.07, 6.45) is 53.8. The summed E-state index contributed by atoms with van der Waals surface area (Å²) in [7, 11) is 5.92. The Morgan fingerprint density at radius 1 is 0.388 bits per heavy atom. The van der Waals surface area contributed by atoms with Crippen LogP contribution in [-0.2, 0) is 33.3 Å². The van der Waals surface area contributed by atoms with E-state index >= 15 is 0 Å². The summed E-state index contributed by atoms with van der Waals surface area (Å²) in [6.45, 7) is 4.72. The highest BCUT2D eigenvalue weighted by atomic mass is 16.7. The molecule has 0 aliphatic rings. The molecule has 0 fully saturated rings. The number of carboxylic acids is 1. The SMILES string of the molecule is CCCCCCCCCCCCCCCCCCCCCCCCCCCCCCCCCCCCCCC(=O)OC(COC(=O)CCCCCCCC)COC(OCC[N+](C)(C)C)C(=O)[O-]. The Hall–Kier alpha value is -1.71. The first-order valence-electron chi connectivity index (χ1n) is 29.2. The zero-order valence-electron chi connectivity index (χ0n) is 45.3. The van der Waals surface area contributed by atoms with Gasteiger partial charge in [0.05, 0.1) is 40.3 Å². The van der Waals surface area contributed by atoms with Gasteiger partial charge >= 0.3 is 11.9 Å². The molecule has 0 saturated heterocycles. The van der Waals surface area contributed by atoms with Gasteiger partial charge in [-0.25, -0.2) is 0 Å². The van der Waals surface area contributed by atoms with Crippen molar-refractivity contribution in [2.45, 2.75) is 309 Å². The number of carboxylic acid groups (broad SMARTS) is 1. The number of esters is 2. The van der Waals surface area contributed by atoms with Crippen molar-refractivity contribution >= 4 is 17.9 Å². The van der Waals surface area contributed by atoms with Gasteiger partial charge in [-0.05, 0) is 12.8 Å². The first-order valence-corrected chi connectivity index (χ1v) is 29.2. The number of carbonyl (C=O) groups is 3. The van der Waals surface area contributed by atoms with Gasteiger partial charge in [-0.15, -0.1) is 0 Å². The molecule has 0 spiro atoms. The molecule has 2 atom stereocenters. The number of hydrogen-bond donors (Lipinski definition) is 0. The molecule has 0 aromatic heterocycles. The third-order valence-electron chi connectivity index (χ3n) is 13.4. The Kier molecular flexibility index (Phi) is 49.4. The minimum atomic E-state index is -1.61. The van der Waals surface area contributed by atoms with E-state index in [1.165, 1.54) is 225 Å². The Morgan fingerprint density at radius 2 is 0.672 bits per heavy atom. The van der Waals surface area contributed by atoms with E-state index in [9.17, 15) is 19.5 Å². The molecule has 0 aromatic rings. The van der Waals surface area contributed by atoms with E-state index in [2.05, 4.69) is 13.8 Å². The molecular weight excluding hydrogens is 839 g/mol. The maximum atomic E-state index is 12.8. The fraction of sp³-hybridized carbons (Fsp3) is 0.948. The Balaban J connectivity index is 3.79. The van der Waals surface area contributed by atoms with E-state index in [1.54, 1.807) is 0 Å². The first-order chi connectivity index (χ1) is 32.6. The normalized spacial score (nSPS) is 12.7.